The van der Waals surface area contributed by atoms with Crippen LogP contribution in [0.15, 0.2) is 47.4 Å². The average molecular weight is 482 g/mol. The lowest BCUT2D eigenvalue weighted by Crippen LogP contribution is -2.32. The Balaban J connectivity index is 1.42. The highest BCUT2D eigenvalue weighted by atomic mass is 32.2. The molecular formula is C30H43NO2S. The lowest BCUT2D eigenvalue weighted by Gasteiger charge is -2.28. The van der Waals surface area contributed by atoms with E-state index in [4.69, 9.17) is 4.74 Å². The third-order valence-electron chi connectivity index (χ3n) is 7.77. The van der Waals surface area contributed by atoms with Crippen molar-refractivity contribution in [2.24, 2.45) is 0 Å². The second kappa shape index (κ2) is 12.0. The van der Waals surface area contributed by atoms with Gasteiger partial charge in [-0.3, -0.25) is 4.90 Å². The molecule has 186 valence electrons. The molecule has 1 N–H and O–H groups in total. The zero-order chi connectivity index (χ0) is 24.0. The van der Waals surface area contributed by atoms with Crippen LogP contribution in [-0.4, -0.2) is 27.7 Å². The molecule has 2 atom stereocenters. The van der Waals surface area contributed by atoms with Crippen LogP contribution >= 0.6 is 11.8 Å². The smallest absolute Gasteiger partial charge is 0.159 e. The lowest BCUT2D eigenvalue weighted by atomic mass is 10.0. The first-order valence-electron chi connectivity index (χ1n) is 13.6. The zero-order valence-corrected chi connectivity index (χ0v) is 22.2. The Morgan fingerprint density at radius 2 is 1.68 bits per heavy atom. The van der Waals surface area contributed by atoms with E-state index >= 15 is 0 Å². The maximum absolute atomic E-state index is 10.3. The van der Waals surface area contributed by atoms with Crippen molar-refractivity contribution in [3.63, 3.8) is 0 Å². The van der Waals surface area contributed by atoms with E-state index in [1.807, 2.05) is 11.8 Å². The quantitative estimate of drug-likeness (QED) is 0.334. The molecule has 4 rings (SSSR count). The predicted octanol–water partition coefficient (Wildman–Crippen LogP) is 7.90. The van der Waals surface area contributed by atoms with Crippen LogP contribution in [0.4, 0.5) is 0 Å². The Bertz CT molecular complexity index is 905. The molecule has 1 saturated heterocycles. The van der Waals surface area contributed by atoms with E-state index < -0.39 is 0 Å². The van der Waals surface area contributed by atoms with E-state index in [1.54, 1.807) is 0 Å². The van der Waals surface area contributed by atoms with E-state index in [2.05, 4.69) is 68.1 Å². The highest BCUT2D eigenvalue weighted by Crippen LogP contribution is 2.53. The van der Waals surface area contributed by atoms with Crippen molar-refractivity contribution in [2.75, 3.05) is 6.73 Å². The van der Waals surface area contributed by atoms with Gasteiger partial charge in [0.25, 0.3) is 0 Å². The summed E-state index contributed by atoms with van der Waals surface area (Å²) in [6, 6.07) is 16.6. The van der Waals surface area contributed by atoms with Gasteiger partial charge in [0, 0.05) is 12.1 Å². The summed E-state index contributed by atoms with van der Waals surface area (Å²) in [6.07, 6.45) is 12.6. The molecule has 0 aliphatic carbocycles. The predicted molar refractivity (Wildman–Crippen MR) is 144 cm³/mol. The molecule has 2 aromatic rings. The van der Waals surface area contributed by atoms with Crippen LogP contribution in [-0.2, 0) is 12.8 Å². The fourth-order valence-corrected chi connectivity index (χ4v) is 7.06. The van der Waals surface area contributed by atoms with Crippen LogP contribution in [0, 0.1) is 0 Å². The van der Waals surface area contributed by atoms with Gasteiger partial charge < -0.3 is 9.84 Å². The minimum atomic E-state index is -0.0881. The van der Waals surface area contributed by atoms with E-state index in [1.165, 1.54) is 47.3 Å². The number of aryl methyl sites for hydroxylation is 2. The van der Waals surface area contributed by atoms with Gasteiger partial charge in [0.2, 0.25) is 0 Å². The molecule has 2 aliphatic rings. The van der Waals surface area contributed by atoms with Crippen molar-refractivity contribution in [1.29, 1.82) is 0 Å². The number of likely N-dealkylation sites (tertiary alicyclic amines) is 1. The molecule has 3 nitrogen and oxygen atoms in total. The number of hydrogen-bond donors (Lipinski definition) is 1. The fraction of sp³-hybridized carbons (Fsp3) is 0.600. The Morgan fingerprint density at radius 1 is 0.971 bits per heavy atom. The first-order valence-corrected chi connectivity index (χ1v) is 14.4. The topological polar surface area (TPSA) is 32.7 Å². The second-order valence-corrected chi connectivity index (χ2v) is 11.5. The molecule has 0 saturated carbocycles. The summed E-state index contributed by atoms with van der Waals surface area (Å²) >= 11 is 1.95. The molecule has 34 heavy (non-hydrogen) atoms. The van der Waals surface area contributed by atoms with Gasteiger partial charge in [-0.15, -0.1) is 0 Å². The Morgan fingerprint density at radius 3 is 2.32 bits per heavy atom. The molecule has 2 aromatic carbocycles. The van der Waals surface area contributed by atoms with E-state index in [0.717, 1.165) is 50.7 Å². The van der Waals surface area contributed by atoms with Gasteiger partial charge in [0.05, 0.1) is 11.6 Å². The molecule has 0 radical (unpaired) electrons. The first kappa shape index (κ1) is 25.6. The minimum Gasteiger partial charge on any atom is -0.475 e. The van der Waals surface area contributed by atoms with Crippen LogP contribution in [0.3, 0.4) is 0 Å². The Labute approximate surface area is 211 Å². The van der Waals surface area contributed by atoms with E-state index in [0.29, 0.717) is 12.1 Å². The van der Waals surface area contributed by atoms with Gasteiger partial charge in [0.15, 0.2) is 4.93 Å². The van der Waals surface area contributed by atoms with Crippen LogP contribution in [0.1, 0.15) is 101 Å². The largest absolute Gasteiger partial charge is 0.475 e. The van der Waals surface area contributed by atoms with Crippen LogP contribution in [0.5, 0.6) is 5.75 Å². The van der Waals surface area contributed by atoms with Crippen molar-refractivity contribution in [1.82, 2.24) is 4.90 Å². The number of ether oxygens (including phenoxy) is 1. The SMILES string of the molecule is CCCCC1(CCCC)Oc2ccc(C3CCC(CCc4ccc(CC)cc4)N3CO)cc2S1. The summed E-state index contributed by atoms with van der Waals surface area (Å²) in [5.74, 6) is 1.06. The summed E-state index contributed by atoms with van der Waals surface area (Å²) in [5.41, 5.74) is 4.13. The number of aliphatic hydroxyl groups is 1. The summed E-state index contributed by atoms with van der Waals surface area (Å²) in [4.78, 5) is 3.53. The van der Waals surface area contributed by atoms with Crippen LogP contribution in [0.2, 0.25) is 0 Å². The van der Waals surface area contributed by atoms with Crippen molar-refractivity contribution < 1.29 is 9.84 Å². The van der Waals surface area contributed by atoms with Crippen molar-refractivity contribution in [3.05, 3.63) is 59.2 Å². The van der Waals surface area contributed by atoms with Crippen molar-refractivity contribution in [3.8, 4) is 5.75 Å². The number of rotatable bonds is 12. The van der Waals surface area contributed by atoms with Gasteiger partial charge in [-0.05, 0) is 86.6 Å². The molecule has 0 spiro atoms. The van der Waals surface area contributed by atoms with Gasteiger partial charge in [-0.2, -0.15) is 0 Å². The molecule has 2 aliphatic heterocycles. The first-order chi connectivity index (χ1) is 16.6. The number of aliphatic hydroxyl groups excluding tert-OH is 1. The van der Waals surface area contributed by atoms with Gasteiger partial charge in [-0.25, -0.2) is 0 Å². The summed E-state index contributed by atoms with van der Waals surface area (Å²) in [7, 11) is 0. The number of thioether (sulfide) groups is 1. The Kier molecular flexibility index (Phi) is 9.01. The number of hydrogen-bond acceptors (Lipinski definition) is 4. The molecule has 0 amide bonds. The normalized spacial score (nSPS) is 21.5. The molecular weight excluding hydrogens is 438 g/mol. The average Bonchev–Trinajstić information content (AvgIpc) is 3.45. The van der Waals surface area contributed by atoms with Gasteiger partial charge >= 0.3 is 0 Å². The highest BCUT2D eigenvalue weighted by Gasteiger charge is 2.40. The van der Waals surface area contributed by atoms with E-state index in [9.17, 15) is 5.11 Å². The van der Waals surface area contributed by atoms with Crippen LogP contribution < -0.4 is 4.74 Å². The Hall–Kier alpha value is -1.49. The van der Waals surface area contributed by atoms with Gasteiger partial charge in [-0.1, -0.05) is 75.7 Å². The second-order valence-electron chi connectivity index (χ2n) is 10.1. The number of benzene rings is 2. The van der Waals surface area contributed by atoms with Crippen LogP contribution in [0.25, 0.3) is 0 Å². The number of unbranched alkanes of at least 4 members (excludes halogenated alkanes) is 2. The number of nitrogens with zero attached hydrogens (tertiary/aromatic N) is 1. The molecule has 4 heteroatoms. The molecule has 2 heterocycles. The summed E-state index contributed by atoms with van der Waals surface area (Å²) in [6.45, 7) is 6.85. The third-order valence-corrected chi connectivity index (χ3v) is 9.17. The molecule has 1 fully saturated rings. The summed E-state index contributed by atoms with van der Waals surface area (Å²) < 4.78 is 6.59. The highest BCUT2D eigenvalue weighted by molar-refractivity contribution is 8.00. The summed E-state index contributed by atoms with van der Waals surface area (Å²) in [5, 5.41) is 10.3. The van der Waals surface area contributed by atoms with Crippen molar-refractivity contribution >= 4 is 11.8 Å². The monoisotopic (exact) mass is 481 g/mol. The van der Waals surface area contributed by atoms with E-state index in [-0.39, 0.29) is 11.7 Å². The molecule has 0 aromatic heterocycles. The zero-order valence-electron chi connectivity index (χ0n) is 21.4. The molecule has 2 unspecified atom stereocenters. The molecule has 0 bridgehead atoms. The van der Waals surface area contributed by atoms with Crippen molar-refractivity contribution in [2.45, 2.75) is 113 Å². The number of fused-ring (bicyclic) bond motifs is 1. The maximum Gasteiger partial charge on any atom is 0.159 e. The minimum absolute atomic E-state index is 0.0881. The standard InChI is InChI=1S/C30H43NO2S/c1-4-7-19-30(20-8-5-2)33-28-18-14-25(21-29(28)34-30)27-17-16-26(31(27)22-32)15-13-24-11-9-23(6-3)10-12-24/h9-12,14,18,21,26-27,32H,4-8,13,15-17,19-20,22H2,1-3H3. The van der Waals surface area contributed by atoms with Gasteiger partial charge in [0.1, 0.15) is 5.75 Å². The lowest BCUT2D eigenvalue weighted by molar-refractivity contribution is 0.0596. The maximum atomic E-state index is 10.3. The third kappa shape index (κ3) is 5.83. The fourth-order valence-electron chi connectivity index (χ4n) is 5.63.